The molecule has 0 saturated heterocycles. The summed E-state index contributed by atoms with van der Waals surface area (Å²) < 4.78 is 31.0. The number of unbranched alkanes of at least 4 members (excludes halogenated alkanes) is 1. The van der Waals surface area contributed by atoms with Crippen molar-refractivity contribution < 1.29 is 13.2 Å². The third kappa shape index (κ3) is 3.34. The molecule has 0 aliphatic heterocycles. The topological polar surface area (TPSA) is 48.3 Å². The van der Waals surface area contributed by atoms with Gasteiger partial charge in [0.05, 0.1) is 17.5 Å². The highest BCUT2D eigenvalue weighted by molar-refractivity contribution is 8.14. The zero-order valence-electron chi connectivity index (χ0n) is 11.7. The minimum Gasteiger partial charge on any atom is -0.493 e. The molecule has 1 aromatic carbocycles. The summed E-state index contributed by atoms with van der Waals surface area (Å²) in [4.78, 5) is 0.0731. The molecule has 1 aromatic heterocycles. The van der Waals surface area contributed by atoms with Crippen LogP contribution >= 0.6 is 10.7 Å². The number of nitrogens with zero attached hydrogens (tertiary/aromatic N) is 1. The Morgan fingerprint density at radius 1 is 1.43 bits per heavy atom. The van der Waals surface area contributed by atoms with Gasteiger partial charge in [0.1, 0.15) is 10.6 Å². The summed E-state index contributed by atoms with van der Waals surface area (Å²) in [5, 5.41) is 0.523. The van der Waals surface area contributed by atoms with Crippen LogP contribution in [0.2, 0.25) is 0 Å². The molecule has 1 heterocycles. The molecule has 6 heteroatoms. The van der Waals surface area contributed by atoms with E-state index in [0.717, 1.165) is 11.9 Å². The zero-order valence-corrected chi connectivity index (χ0v) is 13.2. The van der Waals surface area contributed by atoms with Crippen LogP contribution in [-0.4, -0.2) is 19.6 Å². The lowest BCUT2D eigenvalue weighted by molar-refractivity contribution is 0.344. The van der Waals surface area contributed by atoms with Gasteiger partial charge in [-0.3, -0.25) is 0 Å². The Kier molecular flexibility index (Phi) is 4.81. The molecule has 0 spiro atoms. The molecule has 2 rings (SSSR count). The van der Waals surface area contributed by atoms with Crippen LogP contribution in [0.4, 0.5) is 0 Å². The minimum absolute atomic E-state index is 0.0731. The van der Waals surface area contributed by atoms with Crippen molar-refractivity contribution >= 4 is 30.6 Å². The number of halogens is 1. The Hall–Kier alpha value is -1.64. The SMILES string of the molecule is C#CCCCn1cc(S(=O)(=O)Cl)c2c(OCC)cccc21. The number of hydrogen-bond acceptors (Lipinski definition) is 3. The first-order valence-electron chi connectivity index (χ1n) is 6.61. The second kappa shape index (κ2) is 6.42. The Morgan fingerprint density at radius 3 is 2.81 bits per heavy atom. The molecule has 0 aliphatic carbocycles. The van der Waals surface area contributed by atoms with Crippen molar-refractivity contribution in [3.63, 3.8) is 0 Å². The van der Waals surface area contributed by atoms with Crippen LogP contribution in [0, 0.1) is 12.3 Å². The maximum absolute atomic E-state index is 11.8. The van der Waals surface area contributed by atoms with Gasteiger partial charge in [0.2, 0.25) is 0 Å². The normalized spacial score (nSPS) is 11.5. The van der Waals surface area contributed by atoms with Crippen LogP contribution in [0.15, 0.2) is 29.3 Å². The van der Waals surface area contributed by atoms with E-state index < -0.39 is 9.05 Å². The molecule has 4 nitrogen and oxygen atoms in total. The Bertz CT molecular complexity index is 787. The van der Waals surface area contributed by atoms with Crippen molar-refractivity contribution in [3.05, 3.63) is 24.4 Å². The van der Waals surface area contributed by atoms with E-state index in [2.05, 4.69) is 5.92 Å². The molecule has 0 unspecified atom stereocenters. The monoisotopic (exact) mass is 325 g/mol. The number of aryl methyl sites for hydroxylation is 1. The summed E-state index contributed by atoms with van der Waals surface area (Å²) in [5.74, 6) is 3.09. The Balaban J connectivity index is 2.62. The maximum atomic E-state index is 11.8. The number of rotatable bonds is 6. The van der Waals surface area contributed by atoms with Crippen LogP contribution < -0.4 is 4.74 Å². The Labute approximate surface area is 129 Å². The highest BCUT2D eigenvalue weighted by Gasteiger charge is 2.21. The summed E-state index contributed by atoms with van der Waals surface area (Å²) in [6.45, 7) is 2.92. The number of fused-ring (bicyclic) bond motifs is 1. The van der Waals surface area contributed by atoms with Crippen molar-refractivity contribution in [1.29, 1.82) is 0 Å². The fourth-order valence-electron chi connectivity index (χ4n) is 2.28. The van der Waals surface area contributed by atoms with Gasteiger partial charge in [-0.05, 0) is 25.5 Å². The van der Waals surface area contributed by atoms with E-state index in [4.69, 9.17) is 21.8 Å². The lowest BCUT2D eigenvalue weighted by Gasteiger charge is -2.07. The summed E-state index contributed by atoms with van der Waals surface area (Å²) in [7, 11) is 1.71. The quantitative estimate of drug-likeness (QED) is 0.465. The van der Waals surface area contributed by atoms with Crippen LogP contribution in [0.25, 0.3) is 10.9 Å². The fourth-order valence-corrected chi connectivity index (χ4v) is 3.33. The van der Waals surface area contributed by atoms with E-state index in [1.54, 1.807) is 12.3 Å². The van der Waals surface area contributed by atoms with Gasteiger partial charge in [0, 0.05) is 29.8 Å². The molecular weight excluding hydrogens is 310 g/mol. The highest BCUT2D eigenvalue weighted by atomic mass is 35.7. The summed E-state index contributed by atoms with van der Waals surface area (Å²) >= 11 is 0. The van der Waals surface area contributed by atoms with Gasteiger partial charge in [-0.2, -0.15) is 0 Å². The summed E-state index contributed by atoms with van der Waals surface area (Å²) in [6, 6.07) is 5.41. The molecule has 0 bridgehead atoms. The third-order valence-corrected chi connectivity index (χ3v) is 4.45. The predicted octanol–water partition coefficient (Wildman–Crippen LogP) is 3.38. The van der Waals surface area contributed by atoms with Crippen LogP contribution in [0.3, 0.4) is 0 Å². The lowest BCUT2D eigenvalue weighted by atomic mass is 10.2. The van der Waals surface area contributed by atoms with Crippen molar-refractivity contribution in [2.45, 2.75) is 31.2 Å². The molecule has 21 heavy (non-hydrogen) atoms. The van der Waals surface area contributed by atoms with E-state index in [1.807, 2.05) is 23.6 Å². The fraction of sp³-hybridized carbons (Fsp3) is 0.333. The van der Waals surface area contributed by atoms with Crippen molar-refractivity contribution in [1.82, 2.24) is 4.57 Å². The van der Waals surface area contributed by atoms with Gasteiger partial charge in [-0.1, -0.05) is 6.07 Å². The molecule has 0 N–H and O–H groups in total. The highest BCUT2D eigenvalue weighted by Crippen LogP contribution is 2.35. The van der Waals surface area contributed by atoms with Crippen molar-refractivity contribution in [2.75, 3.05) is 6.61 Å². The van der Waals surface area contributed by atoms with E-state index >= 15 is 0 Å². The second-order valence-electron chi connectivity index (χ2n) is 4.52. The van der Waals surface area contributed by atoms with Gasteiger partial charge in [-0.25, -0.2) is 8.42 Å². The van der Waals surface area contributed by atoms with Crippen molar-refractivity contribution in [2.24, 2.45) is 0 Å². The minimum atomic E-state index is -3.85. The van der Waals surface area contributed by atoms with E-state index in [0.29, 0.717) is 30.7 Å². The van der Waals surface area contributed by atoms with Gasteiger partial charge in [0.25, 0.3) is 9.05 Å². The molecule has 0 aliphatic rings. The first-order chi connectivity index (χ1) is 9.99. The third-order valence-electron chi connectivity index (χ3n) is 3.12. The average molecular weight is 326 g/mol. The standard InChI is InChI=1S/C15H16ClNO3S/c1-3-5-6-10-17-11-14(21(16,18)19)15-12(17)8-7-9-13(15)20-4-2/h1,7-9,11H,4-6,10H2,2H3. The van der Waals surface area contributed by atoms with Gasteiger partial charge < -0.3 is 9.30 Å². The van der Waals surface area contributed by atoms with Gasteiger partial charge in [0.15, 0.2) is 0 Å². The Morgan fingerprint density at radius 2 is 2.19 bits per heavy atom. The summed E-state index contributed by atoms with van der Waals surface area (Å²) in [6.07, 6.45) is 8.19. The number of hydrogen-bond donors (Lipinski definition) is 0. The molecule has 0 saturated carbocycles. The largest absolute Gasteiger partial charge is 0.493 e. The van der Waals surface area contributed by atoms with Crippen molar-refractivity contribution in [3.8, 4) is 18.1 Å². The second-order valence-corrected chi connectivity index (χ2v) is 7.05. The maximum Gasteiger partial charge on any atom is 0.263 e. The number of benzene rings is 1. The van der Waals surface area contributed by atoms with E-state index in [-0.39, 0.29) is 4.90 Å². The van der Waals surface area contributed by atoms with Crippen LogP contribution in [0.5, 0.6) is 5.75 Å². The number of terminal acetylenes is 1. The smallest absolute Gasteiger partial charge is 0.263 e. The average Bonchev–Trinajstić information content (AvgIpc) is 2.80. The molecule has 0 fully saturated rings. The molecule has 0 atom stereocenters. The number of ether oxygens (including phenoxy) is 1. The lowest BCUT2D eigenvalue weighted by Crippen LogP contribution is -1.96. The molecule has 0 radical (unpaired) electrons. The molecular formula is C15H16ClNO3S. The first-order valence-corrected chi connectivity index (χ1v) is 8.92. The van der Waals surface area contributed by atoms with Crippen LogP contribution in [0.1, 0.15) is 19.8 Å². The predicted molar refractivity (Wildman–Crippen MR) is 84.2 cm³/mol. The van der Waals surface area contributed by atoms with Gasteiger partial charge >= 0.3 is 0 Å². The first kappa shape index (κ1) is 15.7. The van der Waals surface area contributed by atoms with E-state index in [1.165, 1.54) is 0 Å². The number of aromatic nitrogens is 1. The van der Waals surface area contributed by atoms with E-state index in [9.17, 15) is 8.42 Å². The molecule has 2 aromatic rings. The molecule has 112 valence electrons. The van der Waals surface area contributed by atoms with Gasteiger partial charge in [-0.15, -0.1) is 12.3 Å². The summed E-state index contributed by atoms with van der Waals surface area (Å²) in [5.41, 5.74) is 0.775. The molecule has 0 amide bonds. The van der Waals surface area contributed by atoms with Crippen LogP contribution in [-0.2, 0) is 15.6 Å². The zero-order chi connectivity index (χ0) is 15.5.